The van der Waals surface area contributed by atoms with Gasteiger partial charge in [0.25, 0.3) is 5.24 Å². The number of nitrogens with one attached hydrogen (secondary N) is 1. The van der Waals surface area contributed by atoms with Gasteiger partial charge >= 0.3 is 14.2 Å². The molecule has 38 heavy (non-hydrogen) atoms. The molecule has 1 fully saturated rings. The van der Waals surface area contributed by atoms with E-state index in [2.05, 4.69) is 10.1 Å². The molecule has 2 atom stereocenters. The molecule has 2 unspecified atom stereocenters. The Bertz CT molecular complexity index is 1130. The summed E-state index contributed by atoms with van der Waals surface area (Å²) in [6, 6.07) is 11.7. The molecule has 0 radical (unpaired) electrons. The Labute approximate surface area is 227 Å². The first-order valence-corrected chi connectivity index (χ1v) is 13.5. The van der Waals surface area contributed by atoms with Crippen molar-refractivity contribution in [3.63, 3.8) is 0 Å². The maximum atomic E-state index is 13.0. The fraction of sp³-hybridized carbons (Fsp3) is 0.391. The van der Waals surface area contributed by atoms with Gasteiger partial charge in [0.2, 0.25) is 5.91 Å². The maximum Gasteiger partial charge on any atom is 0.573 e. The van der Waals surface area contributed by atoms with E-state index in [9.17, 15) is 27.3 Å². The van der Waals surface area contributed by atoms with Crippen LogP contribution in [0.5, 0.6) is 11.5 Å². The van der Waals surface area contributed by atoms with Crippen molar-refractivity contribution in [1.29, 1.82) is 0 Å². The quantitative estimate of drug-likeness (QED) is 0.268. The van der Waals surface area contributed by atoms with Crippen molar-refractivity contribution >= 4 is 43.1 Å². The number of ether oxygens (including phenoxy) is 2. The molecule has 0 bridgehead atoms. The molecule has 0 aliphatic carbocycles. The first-order chi connectivity index (χ1) is 17.5. The molecule has 2 amide bonds. The highest BCUT2D eigenvalue weighted by molar-refractivity contribution is 8.15. The molecular formula is C23H26ClF3NO8PS. The molecule has 3 rings (SSSR count). The lowest BCUT2D eigenvalue weighted by atomic mass is 10.1. The zero-order valence-corrected chi connectivity index (χ0v) is 22.8. The standard InChI is InChI=1S/C23H25F3NO8PS.ClH/c1-3-32-36(30,33-4-2)35-19(16-6-5-7-18(13-16)34-23(24,25)26)14-31-17-10-8-15(9-11-17)12-20-21(28)27-22(29)37-20;/h5-11,13,19-20H,3-4,12,14H2,1-2H3,(H,27,28,29);1H. The molecule has 1 heterocycles. The number of rotatable bonds is 13. The first-order valence-electron chi connectivity index (χ1n) is 11.2. The Morgan fingerprint density at radius 2 is 1.68 bits per heavy atom. The van der Waals surface area contributed by atoms with Gasteiger partial charge in [-0.15, -0.1) is 25.6 Å². The molecule has 1 aliphatic rings. The number of carbonyl (C=O) groups excluding carboxylic acids is 2. The predicted octanol–water partition coefficient (Wildman–Crippen LogP) is 6.22. The smallest absolute Gasteiger partial charge is 0.491 e. The molecule has 0 aromatic heterocycles. The van der Waals surface area contributed by atoms with Crippen LogP contribution in [0.15, 0.2) is 48.5 Å². The van der Waals surface area contributed by atoms with Gasteiger partial charge < -0.3 is 9.47 Å². The topological polar surface area (TPSA) is 109 Å². The van der Waals surface area contributed by atoms with E-state index in [4.69, 9.17) is 18.3 Å². The second kappa shape index (κ2) is 14.2. The van der Waals surface area contributed by atoms with E-state index in [0.29, 0.717) is 12.2 Å². The molecule has 210 valence electrons. The van der Waals surface area contributed by atoms with Crippen molar-refractivity contribution in [2.45, 2.75) is 38.0 Å². The van der Waals surface area contributed by atoms with Crippen LogP contribution in [0.4, 0.5) is 18.0 Å². The van der Waals surface area contributed by atoms with Crippen LogP contribution in [0.1, 0.15) is 31.1 Å². The van der Waals surface area contributed by atoms with E-state index >= 15 is 0 Å². The summed E-state index contributed by atoms with van der Waals surface area (Å²) in [5, 5.41) is 1.33. The lowest BCUT2D eigenvalue weighted by molar-refractivity contribution is -0.274. The molecule has 1 aliphatic heterocycles. The lowest BCUT2D eigenvalue weighted by Gasteiger charge is -2.24. The average Bonchev–Trinajstić information content (AvgIpc) is 3.13. The van der Waals surface area contributed by atoms with Crippen LogP contribution in [0.2, 0.25) is 0 Å². The van der Waals surface area contributed by atoms with E-state index in [1.165, 1.54) is 12.1 Å². The van der Waals surface area contributed by atoms with Crippen molar-refractivity contribution < 1.29 is 50.4 Å². The van der Waals surface area contributed by atoms with Crippen LogP contribution in [0.3, 0.4) is 0 Å². The molecule has 1 saturated heterocycles. The van der Waals surface area contributed by atoms with Crippen LogP contribution in [-0.2, 0) is 29.4 Å². The van der Waals surface area contributed by atoms with E-state index in [-0.39, 0.29) is 48.9 Å². The molecule has 15 heteroatoms. The minimum Gasteiger partial charge on any atom is -0.491 e. The van der Waals surface area contributed by atoms with Crippen molar-refractivity contribution in [2.24, 2.45) is 0 Å². The number of alkyl halides is 3. The zero-order chi connectivity index (χ0) is 27.1. The van der Waals surface area contributed by atoms with Gasteiger partial charge in [-0.1, -0.05) is 36.0 Å². The SMILES string of the molecule is CCOP(=O)(OCC)OC(COc1ccc(CC2SC(=O)NC2=O)cc1)c1cccc(OC(F)(F)F)c1.Cl. The van der Waals surface area contributed by atoms with Gasteiger partial charge in [-0.25, -0.2) is 4.57 Å². The van der Waals surface area contributed by atoms with E-state index < -0.39 is 31.3 Å². The summed E-state index contributed by atoms with van der Waals surface area (Å²) in [7, 11) is -4.07. The minimum atomic E-state index is -4.90. The van der Waals surface area contributed by atoms with E-state index in [0.717, 1.165) is 29.5 Å². The number of hydrogen-bond acceptors (Lipinski definition) is 9. The Hall–Kier alpha value is -2.28. The molecule has 1 N–H and O–H groups in total. The fourth-order valence-corrected chi connectivity index (χ4v) is 5.49. The van der Waals surface area contributed by atoms with Crippen LogP contribution in [0, 0.1) is 0 Å². The number of hydrogen-bond donors (Lipinski definition) is 1. The van der Waals surface area contributed by atoms with Crippen LogP contribution in [-0.4, -0.2) is 42.6 Å². The van der Waals surface area contributed by atoms with Gasteiger partial charge in [-0.2, -0.15) is 0 Å². The highest BCUT2D eigenvalue weighted by Gasteiger charge is 2.34. The highest BCUT2D eigenvalue weighted by Crippen LogP contribution is 2.53. The molecular weight excluding hydrogens is 574 g/mol. The van der Waals surface area contributed by atoms with Gasteiger partial charge in [0.15, 0.2) is 0 Å². The molecule has 0 spiro atoms. The summed E-state index contributed by atoms with van der Waals surface area (Å²) in [5.74, 6) is -0.458. The van der Waals surface area contributed by atoms with Crippen molar-refractivity contribution in [3.05, 3.63) is 59.7 Å². The largest absolute Gasteiger partial charge is 0.573 e. The van der Waals surface area contributed by atoms with E-state index in [1.807, 2.05) is 0 Å². The Balaban J connectivity index is 0.00000507. The average molecular weight is 600 g/mol. The summed E-state index contributed by atoms with van der Waals surface area (Å²) in [6.45, 7) is 2.93. The van der Waals surface area contributed by atoms with Crippen LogP contribution >= 0.6 is 32.0 Å². The number of halogens is 4. The maximum absolute atomic E-state index is 13.0. The predicted molar refractivity (Wildman–Crippen MR) is 136 cm³/mol. The van der Waals surface area contributed by atoms with E-state index in [1.54, 1.807) is 38.1 Å². The summed E-state index contributed by atoms with van der Waals surface area (Å²) in [4.78, 5) is 23.1. The molecule has 0 saturated carbocycles. The number of benzene rings is 2. The molecule has 2 aromatic carbocycles. The minimum absolute atomic E-state index is 0. The third-order valence-corrected chi connectivity index (χ3v) is 7.45. The monoisotopic (exact) mass is 599 g/mol. The second-order valence-corrected chi connectivity index (χ2v) is 10.3. The lowest BCUT2D eigenvalue weighted by Crippen LogP contribution is -2.25. The molecule has 9 nitrogen and oxygen atoms in total. The second-order valence-electron chi connectivity index (χ2n) is 7.54. The summed E-state index contributed by atoms with van der Waals surface area (Å²) in [6.07, 6.45) is -5.71. The number of amides is 2. The third-order valence-electron chi connectivity index (χ3n) is 4.81. The summed E-state index contributed by atoms with van der Waals surface area (Å²) >= 11 is 0.924. The Kier molecular flexibility index (Phi) is 11.9. The van der Waals surface area contributed by atoms with Crippen LogP contribution < -0.4 is 14.8 Å². The van der Waals surface area contributed by atoms with Crippen molar-refractivity contribution in [2.75, 3.05) is 19.8 Å². The van der Waals surface area contributed by atoms with Crippen molar-refractivity contribution in [1.82, 2.24) is 5.32 Å². The normalized spacial score (nSPS) is 16.5. The van der Waals surface area contributed by atoms with Gasteiger partial charge in [-0.05, 0) is 55.7 Å². The summed E-state index contributed by atoms with van der Waals surface area (Å²) < 4.78 is 76.8. The van der Waals surface area contributed by atoms with Gasteiger partial charge in [0.05, 0.1) is 18.5 Å². The highest BCUT2D eigenvalue weighted by atomic mass is 35.5. The first kappa shape index (κ1) is 31.9. The number of phosphoric acid groups is 1. The molecule has 2 aromatic rings. The van der Waals surface area contributed by atoms with Gasteiger partial charge in [0.1, 0.15) is 24.2 Å². The van der Waals surface area contributed by atoms with Gasteiger partial charge in [-0.3, -0.25) is 28.5 Å². The fourth-order valence-electron chi connectivity index (χ4n) is 3.31. The number of phosphoric ester groups is 1. The third kappa shape index (κ3) is 9.79. The van der Waals surface area contributed by atoms with Crippen LogP contribution in [0.25, 0.3) is 0 Å². The van der Waals surface area contributed by atoms with Gasteiger partial charge in [0, 0.05) is 0 Å². The summed E-state index contributed by atoms with van der Waals surface area (Å²) in [5.41, 5.74) is 0.976. The Morgan fingerprint density at radius 3 is 2.24 bits per heavy atom. The zero-order valence-electron chi connectivity index (χ0n) is 20.3. The number of carbonyl (C=O) groups is 2. The van der Waals surface area contributed by atoms with Crippen molar-refractivity contribution in [3.8, 4) is 11.5 Å². The number of imide groups is 1. The number of thioether (sulfide) groups is 1. The Morgan fingerprint density at radius 1 is 1.03 bits per heavy atom.